The Morgan fingerprint density at radius 1 is 0.737 bits per heavy atom. The molecule has 4 nitrogen and oxygen atoms in total. The van der Waals surface area contributed by atoms with Gasteiger partial charge in [0.25, 0.3) is 0 Å². The zero-order valence-electron chi connectivity index (χ0n) is 9.79. The van der Waals surface area contributed by atoms with E-state index in [0.717, 1.165) is 0 Å². The van der Waals surface area contributed by atoms with Crippen molar-refractivity contribution < 1.29 is 4.74 Å². The molecule has 0 aliphatic heterocycles. The van der Waals surface area contributed by atoms with E-state index in [1.807, 2.05) is 18.2 Å². The first-order chi connectivity index (χ1) is 9.26. The summed E-state index contributed by atoms with van der Waals surface area (Å²) in [5.41, 5.74) is 1.24. The molecular weight excluding hydrogens is 238 g/mol. The molecule has 0 N–H and O–H groups in total. The van der Waals surface area contributed by atoms with Crippen molar-refractivity contribution in [3.8, 4) is 29.7 Å². The Labute approximate surface area is 110 Å². The average Bonchev–Trinajstić information content (AvgIpc) is 2.48. The van der Waals surface area contributed by atoms with Crippen LogP contribution in [0.4, 0.5) is 0 Å². The molecule has 2 aromatic rings. The van der Waals surface area contributed by atoms with Gasteiger partial charge in [-0.05, 0) is 42.5 Å². The normalized spacial score (nSPS) is 8.89. The summed E-state index contributed by atoms with van der Waals surface area (Å²) in [7, 11) is 0. The molecule has 0 atom stereocenters. The van der Waals surface area contributed by atoms with Crippen LogP contribution in [0.25, 0.3) is 0 Å². The van der Waals surface area contributed by atoms with E-state index in [1.165, 1.54) is 6.07 Å². The number of hydrogen-bond acceptors (Lipinski definition) is 4. The van der Waals surface area contributed by atoms with Gasteiger partial charge in [0, 0.05) is 0 Å². The van der Waals surface area contributed by atoms with Crippen LogP contribution in [-0.4, -0.2) is 0 Å². The molecule has 0 bridgehead atoms. The lowest BCUT2D eigenvalue weighted by Gasteiger charge is -2.07. The van der Waals surface area contributed by atoms with E-state index in [1.54, 1.807) is 36.4 Å². The Hall–Kier alpha value is -3.29. The summed E-state index contributed by atoms with van der Waals surface area (Å²) in [6.07, 6.45) is 0. The topological polar surface area (TPSA) is 80.6 Å². The van der Waals surface area contributed by atoms with Crippen LogP contribution < -0.4 is 4.74 Å². The second-order valence-corrected chi connectivity index (χ2v) is 3.67. The van der Waals surface area contributed by atoms with Gasteiger partial charge in [-0.3, -0.25) is 0 Å². The summed E-state index contributed by atoms with van der Waals surface area (Å²) in [4.78, 5) is 0. The van der Waals surface area contributed by atoms with Crippen LogP contribution in [0.3, 0.4) is 0 Å². The second kappa shape index (κ2) is 5.36. The zero-order valence-corrected chi connectivity index (χ0v) is 9.79. The fraction of sp³-hybridized carbons (Fsp3) is 0. The lowest BCUT2D eigenvalue weighted by Crippen LogP contribution is -1.89. The van der Waals surface area contributed by atoms with Gasteiger partial charge in [0.1, 0.15) is 17.6 Å². The molecule has 2 aromatic carbocycles. The van der Waals surface area contributed by atoms with Crippen molar-refractivity contribution in [2.75, 3.05) is 0 Å². The predicted octanol–water partition coefficient (Wildman–Crippen LogP) is 3.09. The van der Waals surface area contributed by atoms with Crippen LogP contribution in [0.1, 0.15) is 16.7 Å². The molecule has 0 saturated heterocycles. The Morgan fingerprint density at radius 2 is 1.37 bits per heavy atom. The van der Waals surface area contributed by atoms with Crippen molar-refractivity contribution in [2.24, 2.45) is 0 Å². The minimum Gasteiger partial charge on any atom is -0.456 e. The van der Waals surface area contributed by atoms with Gasteiger partial charge in [0.05, 0.1) is 28.8 Å². The summed E-state index contributed by atoms with van der Waals surface area (Å²) in [6.45, 7) is 0. The van der Waals surface area contributed by atoms with E-state index in [0.29, 0.717) is 28.2 Å². The number of benzene rings is 2. The third kappa shape index (κ3) is 2.69. The summed E-state index contributed by atoms with van der Waals surface area (Å²) in [6, 6.07) is 17.2. The number of hydrogen-bond donors (Lipinski definition) is 0. The summed E-state index contributed by atoms with van der Waals surface area (Å²) < 4.78 is 5.56. The molecule has 0 aliphatic rings. The maximum Gasteiger partial charge on any atom is 0.145 e. The van der Waals surface area contributed by atoms with Gasteiger partial charge in [0.15, 0.2) is 0 Å². The summed E-state index contributed by atoms with van der Waals surface area (Å²) >= 11 is 0. The average molecular weight is 245 g/mol. The predicted molar refractivity (Wildman–Crippen MR) is 67.1 cm³/mol. The first kappa shape index (κ1) is 12.2. The molecule has 88 valence electrons. The first-order valence-corrected chi connectivity index (χ1v) is 5.39. The number of nitriles is 3. The minimum atomic E-state index is 0.295. The molecule has 0 aliphatic carbocycles. The van der Waals surface area contributed by atoms with E-state index in [4.69, 9.17) is 20.5 Å². The molecule has 0 amide bonds. The van der Waals surface area contributed by atoms with E-state index in [-0.39, 0.29) is 0 Å². The maximum atomic E-state index is 9.02. The quantitative estimate of drug-likeness (QED) is 0.814. The van der Waals surface area contributed by atoms with Crippen LogP contribution in [-0.2, 0) is 0 Å². The van der Waals surface area contributed by atoms with Crippen molar-refractivity contribution in [2.45, 2.75) is 0 Å². The second-order valence-electron chi connectivity index (χ2n) is 3.67. The third-order valence-corrected chi connectivity index (χ3v) is 2.44. The van der Waals surface area contributed by atoms with Crippen LogP contribution in [0.15, 0.2) is 42.5 Å². The number of ether oxygens (including phenoxy) is 1. The highest BCUT2D eigenvalue weighted by Gasteiger charge is 2.06. The van der Waals surface area contributed by atoms with Crippen molar-refractivity contribution >= 4 is 0 Å². The zero-order chi connectivity index (χ0) is 13.7. The number of rotatable bonds is 2. The highest BCUT2D eigenvalue weighted by Crippen LogP contribution is 2.25. The molecule has 0 aromatic heterocycles. The van der Waals surface area contributed by atoms with E-state index in [2.05, 4.69) is 0 Å². The molecule has 0 saturated carbocycles. The number of nitrogens with zero attached hydrogens (tertiary/aromatic N) is 3. The fourth-order valence-electron chi connectivity index (χ4n) is 1.50. The maximum absolute atomic E-state index is 9.02. The van der Waals surface area contributed by atoms with Gasteiger partial charge in [-0.2, -0.15) is 15.8 Å². The van der Waals surface area contributed by atoms with Crippen molar-refractivity contribution in [1.82, 2.24) is 0 Å². The van der Waals surface area contributed by atoms with Crippen molar-refractivity contribution in [3.05, 3.63) is 59.2 Å². The minimum absolute atomic E-state index is 0.295. The summed E-state index contributed by atoms with van der Waals surface area (Å²) in [5.74, 6) is 0.909. The van der Waals surface area contributed by atoms with Crippen LogP contribution in [0, 0.1) is 34.0 Å². The van der Waals surface area contributed by atoms with Gasteiger partial charge in [-0.15, -0.1) is 0 Å². The van der Waals surface area contributed by atoms with E-state index in [9.17, 15) is 0 Å². The monoisotopic (exact) mass is 245 g/mol. The molecule has 0 unspecified atom stereocenters. The largest absolute Gasteiger partial charge is 0.456 e. The fourth-order valence-corrected chi connectivity index (χ4v) is 1.50. The Kier molecular flexibility index (Phi) is 3.44. The third-order valence-electron chi connectivity index (χ3n) is 2.44. The van der Waals surface area contributed by atoms with E-state index < -0.39 is 0 Å². The molecule has 19 heavy (non-hydrogen) atoms. The Bertz CT molecular complexity index is 728. The molecular formula is C15H7N3O. The SMILES string of the molecule is N#Cc1ccc(Oc2ccc(C#N)cc2C#N)cc1. The summed E-state index contributed by atoms with van der Waals surface area (Å²) in [5, 5.41) is 26.5. The van der Waals surface area contributed by atoms with Crippen molar-refractivity contribution in [3.63, 3.8) is 0 Å². The van der Waals surface area contributed by atoms with E-state index >= 15 is 0 Å². The molecule has 0 spiro atoms. The molecule has 4 heteroatoms. The molecule has 0 fully saturated rings. The molecule has 0 heterocycles. The van der Waals surface area contributed by atoms with Crippen LogP contribution in [0.5, 0.6) is 11.5 Å². The molecule has 2 rings (SSSR count). The van der Waals surface area contributed by atoms with Gasteiger partial charge in [-0.1, -0.05) is 0 Å². The lowest BCUT2D eigenvalue weighted by atomic mass is 10.1. The Morgan fingerprint density at radius 3 is 1.95 bits per heavy atom. The van der Waals surface area contributed by atoms with Crippen molar-refractivity contribution in [1.29, 1.82) is 15.8 Å². The Balaban J connectivity index is 2.31. The highest BCUT2D eigenvalue weighted by atomic mass is 16.5. The van der Waals surface area contributed by atoms with Gasteiger partial charge < -0.3 is 4.74 Å². The van der Waals surface area contributed by atoms with Gasteiger partial charge in [-0.25, -0.2) is 0 Å². The highest BCUT2D eigenvalue weighted by molar-refractivity contribution is 5.50. The first-order valence-electron chi connectivity index (χ1n) is 5.39. The molecule has 0 radical (unpaired) electrons. The standard InChI is InChI=1S/C15H7N3O/c16-8-11-1-4-14(5-2-11)19-15-6-3-12(9-17)7-13(15)10-18/h1-7H. The van der Waals surface area contributed by atoms with Crippen LogP contribution in [0.2, 0.25) is 0 Å². The smallest absolute Gasteiger partial charge is 0.145 e. The van der Waals surface area contributed by atoms with Gasteiger partial charge in [0.2, 0.25) is 0 Å². The van der Waals surface area contributed by atoms with Gasteiger partial charge >= 0.3 is 0 Å². The lowest BCUT2D eigenvalue weighted by molar-refractivity contribution is 0.481. The van der Waals surface area contributed by atoms with Crippen LogP contribution >= 0.6 is 0 Å².